The number of nitrogens with one attached hydrogen (secondary N) is 2. The van der Waals surface area contributed by atoms with Crippen LogP contribution in [0.2, 0.25) is 0 Å². The van der Waals surface area contributed by atoms with E-state index in [2.05, 4.69) is 53.5 Å². The number of fused-ring (bicyclic) bond motifs is 1. The van der Waals surface area contributed by atoms with Gasteiger partial charge < -0.3 is 10.6 Å². The monoisotopic (exact) mass is 382 g/mol. The molecule has 0 aliphatic carbocycles. The normalized spacial score (nSPS) is 11.1. The number of aryl methyl sites for hydroxylation is 1. The lowest BCUT2D eigenvalue weighted by Crippen LogP contribution is -2.27. The van der Waals surface area contributed by atoms with Gasteiger partial charge in [0.1, 0.15) is 17.0 Å². The molecule has 0 unspecified atom stereocenters. The summed E-state index contributed by atoms with van der Waals surface area (Å²) < 4.78 is 0. The van der Waals surface area contributed by atoms with Crippen LogP contribution in [0.25, 0.3) is 21.3 Å². The van der Waals surface area contributed by atoms with E-state index in [0.29, 0.717) is 18.9 Å². The zero-order chi connectivity index (χ0) is 19.2. The van der Waals surface area contributed by atoms with Crippen molar-refractivity contribution in [3.63, 3.8) is 0 Å². The van der Waals surface area contributed by atoms with E-state index < -0.39 is 0 Å². The summed E-state index contributed by atoms with van der Waals surface area (Å²) in [6, 6.07) is 10.3. The molecule has 0 saturated carbocycles. The molecule has 0 saturated heterocycles. The first kappa shape index (κ1) is 19.3. The van der Waals surface area contributed by atoms with E-state index in [1.165, 1.54) is 10.4 Å². The Morgan fingerprint density at radius 1 is 1.15 bits per heavy atom. The third kappa shape index (κ3) is 4.83. The van der Waals surface area contributed by atoms with E-state index in [4.69, 9.17) is 0 Å². The van der Waals surface area contributed by atoms with E-state index in [0.717, 1.165) is 34.6 Å². The van der Waals surface area contributed by atoms with Gasteiger partial charge in [-0.25, -0.2) is 9.97 Å². The molecule has 3 rings (SSSR count). The minimum Gasteiger partial charge on any atom is -0.369 e. The summed E-state index contributed by atoms with van der Waals surface area (Å²) in [6.45, 7) is 7.70. The van der Waals surface area contributed by atoms with Crippen LogP contribution in [-0.4, -0.2) is 29.0 Å². The number of benzene rings is 1. The van der Waals surface area contributed by atoms with Crippen molar-refractivity contribution in [2.24, 2.45) is 5.92 Å². The highest BCUT2D eigenvalue weighted by molar-refractivity contribution is 7.19. The Kier molecular flexibility index (Phi) is 6.40. The first-order chi connectivity index (χ1) is 13.1. The first-order valence-electron chi connectivity index (χ1n) is 9.36. The van der Waals surface area contributed by atoms with Crippen LogP contribution in [0.5, 0.6) is 0 Å². The highest BCUT2D eigenvalue weighted by atomic mass is 32.1. The molecule has 2 N–H and O–H groups in total. The van der Waals surface area contributed by atoms with Gasteiger partial charge in [0.25, 0.3) is 0 Å². The van der Waals surface area contributed by atoms with Crippen LogP contribution >= 0.6 is 11.3 Å². The van der Waals surface area contributed by atoms with Gasteiger partial charge >= 0.3 is 0 Å². The Labute approximate surface area is 164 Å². The lowest BCUT2D eigenvalue weighted by molar-refractivity contribution is -0.120. The quantitative estimate of drug-likeness (QED) is 0.596. The molecule has 5 nitrogen and oxygen atoms in total. The topological polar surface area (TPSA) is 66.9 Å². The number of amides is 1. The second-order valence-electron chi connectivity index (χ2n) is 7.01. The van der Waals surface area contributed by atoms with E-state index in [1.807, 2.05) is 18.2 Å². The third-order valence-electron chi connectivity index (χ3n) is 4.42. The molecule has 1 aromatic carbocycles. The Morgan fingerprint density at radius 3 is 2.67 bits per heavy atom. The van der Waals surface area contributed by atoms with E-state index in [1.54, 1.807) is 17.7 Å². The number of anilines is 1. The van der Waals surface area contributed by atoms with Crippen molar-refractivity contribution >= 4 is 33.3 Å². The molecule has 2 heterocycles. The maximum Gasteiger partial charge on any atom is 0.221 e. The van der Waals surface area contributed by atoms with Crippen LogP contribution in [-0.2, 0) is 4.79 Å². The SMILES string of the molecule is Cc1sc2ncnc(NCCC(=O)NCCC(C)C)c2c1-c1ccccc1. The summed E-state index contributed by atoms with van der Waals surface area (Å²) in [6.07, 6.45) is 3.01. The molecule has 0 aliphatic rings. The molecule has 0 atom stereocenters. The second kappa shape index (κ2) is 8.95. The van der Waals surface area contributed by atoms with Crippen LogP contribution in [0.3, 0.4) is 0 Å². The summed E-state index contributed by atoms with van der Waals surface area (Å²) >= 11 is 1.67. The minimum atomic E-state index is 0.0678. The number of carbonyl (C=O) groups is 1. The van der Waals surface area contributed by atoms with Gasteiger partial charge in [-0.2, -0.15) is 0 Å². The van der Waals surface area contributed by atoms with Crippen LogP contribution < -0.4 is 10.6 Å². The number of nitrogens with zero attached hydrogens (tertiary/aromatic N) is 2. The summed E-state index contributed by atoms with van der Waals surface area (Å²) in [5, 5.41) is 7.34. The maximum atomic E-state index is 12.0. The molecule has 0 aliphatic heterocycles. The first-order valence-corrected chi connectivity index (χ1v) is 10.2. The number of thiophene rings is 1. The van der Waals surface area contributed by atoms with Gasteiger partial charge in [-0.1, -0.05) is 44.2 Å². The smallest absolute Gasteiger partial charge is 0.221 e. The van der Waals surface area contributed by atoms with Crippen molar-refractivity contribution in [2.75, 3.05) is 18.4 Å². The molecule has 0 spiro atoms. The summed E-state index contributed by atoms with van der Waals surface area (Å²) in [5.41, 5.74) is 2.32. The fourth-order valence-electron chi connectivity index (χ4n) is 3.01. The van der Waals surface area contributed by atoms with E-state index in [-0.39, 0.29) is 5.91 Å². The van der Waals surface area contributed by atoms with Crippen molar-refractivity contribution in [1.82, 2.24) is 15.3 Å². The standard InChI is InChI=1S/C21H26N4OS/c1-14(2)9-11-22-17(26)10-12-23-20-19-18(16-7-5-4-6-8-16)15(3)27-21(19)25-13-24-20/h4-8,13-14H,9-12H2,1-3H3,(H,22,26)(H,23,24,25). The molecule has 0 bridgehead atoms. The summed E-state index contributed by atoms with van der Waals surface area (Å²) in [7, 11) is 0. The maximum absolute atomic E-state index is 12.0. The van der Waals surface area contributed by atoms with Crippen LogP contribution in [0.15, 0.2) is 36.7 Å². The Bertz CT molecular complexity index is 905. The fraction of sp³-hybridized carbons (Fsp3) is 0.381. The average Bonchev–Trinajstić information content (AvgIpc) is 2.99. The molecule has 0 fully saturated rings. The van der Waals surface area contributed by atoms with Gasteiger partial charge in [-0.15, -0.1) is 11.3 Å². The zero-order valence-corrected chi connectivity index (χ0v) is 16.9. The number of aromatic nitrogens is 2. The molecule has 3 aromatic rings. The summed E-state index contributed by atoms with van der Waals surface area (Å²) in [4.78, 5) is 23.0. The highest BCUT2D eigenvalue weighted by Gasteiger charge is 2.16. The molecule has 0 radical (unpaired) electrons. The second-order valence-corrected chi connectivity index (χ2v) is 8.21. The number of carbonyl (C=O) groups excluding carboxylic acids is 1. The van der Waals surface area contributed by atoms with Crippen molar-refractivity contribution < 1.29 is 4.79 Å². The van der Waals surface area contributed by atoms with Gasteiger partial charge in [-0.3, -0.25) is 4.79 Å². The van der Waals surface area contributed by atoms with Gasteiger partial charge in [0.05, 0.1) is 5.39 Å². The number of rotatable bonds is 8. The zero-order valence-electron chi connectivity index (χ0n) is 16.1. The molecule has 27 heavy (non-hydrogen) atoms. The minimum absolute atomic E-state index is 0.0678. The molecular formula is C21H26N4OS. The molecule has 142 valence electrons. The van der Waals surface area contributed by atoms with Crippen molar-refractivity contribution in [3.8, 4) is 11.1 Å². The van der Waals surface area contributed by atoms with Crippen molar-refractivity contribution in [2.45, 2.75) is 33.6 Å². The third-order valence-corrected chi connectivity index (χ3v) is 5.43. The van der Waals surface area contributed by atoms with Crippen LogP contribution in [0.4, 0.5) is 5.82 Å². The Hall–Kier alpha value is -2.47. The average molecular weight is 383 g/mol. The van der Waals surface area contributed by atoms with Gasteiger partial charge in [-0.05, 0) is 24.8 Å². The molecular weight excluding hydrogens is 356 g/mol. The fourth-order valence-corrected chi connectivity index (χ4v) is 4.03. The van der Waals surface area contributed by atoms with Crippen molar-refractivity contribution in [3.05, 3.63) is 41.5 Å². The number of hydrogen-bond acceptors (Lipinski definition) is 5. The van der Waals surface area contributed by atoms with Gasteiger partial charge in [0.15, 0.2) is 0 Å². The predicted molar refractivity (Wildman–Crippen MR) is 113 cm³/mol. The lowest BCUT2D eigenvalue weighted by Gasteiger charge is -2.10. The molecule has 6 heteroatoms. The van der Waals surface area contributed by atoms with E-state index in [9.17, 15) is 4.79 Å². The van der Waals surface area contributed by atoms with Crippen molar-refractivity contribution in [1.29, 1.82) is 0 Å². The largest absolute Gasteiger partial charge is 0.369 e. The summed E-state index contributed by atoms with van der Waals surface area (Å²) in [5.74, 6) is 1.45. The predicted octanol–water partition coefficient (Wildman–Crippen LogP) is 4.63. The Morgan fingerprint density at radius 2 is 1.93 bits per heavy atom. The number of hydrogen-bond donors (Lipinski definition) is 2. The molecule has 1 amide bonds. The lowest BCUT2D eigenvalue weighted by atomic mass is 10.0. The van der Waals surface area contributed by atoms with Gasteiger partial charge in [0, 0.05) is 30.0 Å². The Balaban J connectivity index is 1.73. The van der Waals surface area contributed by atoms with Crippen LogP contribution in [0, 0.1) is 12.8 Å². The van der Waals surface area contributed by atoms with E-state index >= 15 is 0 Å². The van der Waals surface area contributed by atoms with Gasteiger partial charge in [0.2, 0.25) is 5.91 Å². The molecule has 2 aromatic heterocycles. The van der Waals surface area contributed by atoms with Crippen LogP contribution in [0.1, 0.15) is 31.6 Å². The highest BCUT2D eigenvalue weighted by Crippen LogP contribution is 2.40.